The third-order valence-corrected chi connectivity index (χ3v) is 3.82. The first kappa shape index (κ1) is 16.6. The molecular weight excluding hydrogens is 318 g/mol. The highest BCUT2D eigenvalue weighted by Gasteiger charge is 2.16. The Morgan fingerprint density at radius 3 is 2.64 bits per heavy atom. The maximum Gasteiger partial charge on any atom is 0.248 e. The van der Waals surface area contributed by atoms with Crippen LogP contribution in [0.5, 0.6) is 0 Å². The van der Waals surface area contributed by atoms with Crippen LogP contribution in [-0.4, -0.2) is 25.7 Å². The van der Waals surface area contributed by atoms with Crippen molar-refractivity contribution >= 4 is 5.91 Å². The number of aryl methyl sites for hydroxylation is 1. The molecule has 0 fully saturated rings. The van der Waals surface area contributed by atoms with E-state index in [1.165, 1.54) is 6.07 Å². The van der Waals surface area contributed by atoms with E-state index in [1.807, 2.05) is 37.3 Å². The minimum absolute atomic E-state index is 0.0282. The zero-order chi connectivity index (χ0) is 17.8. The molecule has 1 aromatic carbocycles. The summed E-state index contributed by atoms with van der Waals surface area (Å²) in [5.41, 5.74) is 7.74. The predicted molar refractivity (Wildman–Crippen MR) is 93.9 cm³/mol. The van der Waals surface area contributed by atoms with Crippen molar-refractivity contribution in [3.63, 3.8) is 0 Å². The Balaban J connectivity index is 2.09. The number of pyridine rings is 1. The molecule has 2 aromatic heterocycles. The summed E-state index contributed by atoms with van der Waals surface area (Å²) in [6, 6.07) is 13.0. The van der Waals surface area contributed by atoms with Gasteiger partial charge in [-0.15, -0.1) is 0 Å². The fourth-order valence-corrected chi connectivity index (χ4v) is 2.69. The van der Waals surface area contributed by atoms with Crippen molar-refractivity contribution in [1.29, 1.82) is 0 Å². The summed E-state index contributed by atoms with van der Waals surface area (Å²) in [6.07, 6.45) is 0.619. The summed E-state index contributed by atoms with van der Waals surface area (Å²) in [7, 11) is 0. The molecule has 0 aliphatic carbocycles. The normalized spacial score (nSPS) is 10.8. The van der Waals surface area contributed by atoms with Crippen LogP contribution < -0.4 is 11.3 Å². The molecule has 0 radical (unpaired) electrons. The number of carbonyl (C=O) groups is 1. The van der Waals surface area contributed by atoms with Crippen LogP contribution in [0, 0.1) is 0 Å². The minimum Gasteiger partial charge on any atom is -0.369 e. The number of primary amides is 1. The van der Waals surface area contributed by atoms with Crippen molar-refractivity contribution in [3.05, 3.63) is 69.9 Å². The highest BCUT2D eigenvalue weighted by atomic mass is 16.1. The number of hydrogen-bond donors (Lipinski definition) is 2. The second-order valence-electron chi connectivity index (χ2n) is 5.71. The van der Waals surface area contributed by atoms with Crippen molar-refractivity contribution in [2.75, 3.05) is 0 Å². The van der Waals surface area contributed by atoms with Crippen molar-refractivity contribution < 1.29 is 4.79 Å². The van der Waals surface area contributed by atoms with Gasteiger partial charge in [-0.3, -0.25) is 9.59 Å². The third kappa shape index (κ3) is 3.82. The molecule has 0 spiro atoms. The SMILES string of the molecule is CCc1[nH]c(=O)ccc1-c1nc(CC(N)=O)nn1Cc1ccccc1. The summed E-state index contributed by atoms with van der Waals surface area (Å²) >= 11 is 0. The molecule has 3 aromatic rings. The standard InChI is InChI=1S/C18H19N5O2/c1-2-14-13(8-9-17(25)20-14)18-21-16(10-15(19)24)22-23(18)11-12-6-4-3-5-7-12/h3-9H,2,10-11H2,1H3,(H2,19,24)(H,20,25). The van der Waals surface area contributed by atoms with Gasteiger partial charge in [0.15, 0.2) is 11.6 Å². The maximum atomic E-state index is 11.6. The summed E-state index contributed by atoms with van der Waals surface area (Å²) in [4.78, 5) is 30.2. The van der Waals surface area contributed by atoms with E-state index >= 15 is 0 Å². The molecule has 7 heteroatoms. The largest absolute Gasteiger partial charge is 0.369 e. The Kier molecular flexibility index (Phi) is 4.74. The Morgan fingerprint density at radius 2 is 1.96 bits per heavy atom. The lowest BCUT2D eigenvalue weighted by Crippen LogP contribution is -2.15. The van der Waals surface area contributed by atoms with E-state index in [0.29, 0.717) is 24.6 Å². The first-order chi connectivity index (χ1) is 12.1. The topological polar surface area (TPSA) is 107 Å². The molecule has 7 nitrogen and oxygen atoms in total. The summed E-state index contributed by atoms with van der Waals surface area (Å²) < 4.78 is 1.74. The number of aromatic nitrogens is 4. The second kappa shape index (κ2) is 7.12. The Bertz CT molecular complexity index is 944. The average molecular weight is 337 g/mol. The van der Waals surface area contributed by atoms with Crippen LogP contribution in [0.15, 0.2) is 47.3 Å². The fourth-order valence-electron chi connectivity index (χ4n) is 2.69. The molecule has 128 valence electrons. The molecule has 0 saturated carbocycles. The number of nitrogens with two attached hydrogens (primary N) is 1. The Labute approximate surface area is 144 Å². The molecule has 3 rings (SSSR count). The highest BCUT2D eigenvalue weighted by Crippen LogP contribution is 2.21. The van der Waals surface area contributed by atoms with Crippen molar-refractivity contribution in [1.82, 2.24) is 19.7 Å². The molecule has 0 atom stereocenters. The lowest BCUT2D eigenvalue weighted by molar-refractivity contribution is -0.117. The van der Waals surface area contributed by atoms with Crippen LogP contribution in [0.2, 0.25) is 0 Å². The number of amides is 1. The zero-order valence-electron chi connectivity index (χ0n) is 13.9. The van der Waals surface area contributed by atoms with Gasteiger partial charge in [-0.1, -0.05) is 37.3 Å². The number of H-pyrrole nitrogens is 1. The van der Waals surface area contributed by atoms with Gasteiger partial charge in [0.2, 0.25) is 11.5 Å². The maximum absolute atomic E-state index is 11.6. The van der Waals surface area contributed by atoms with Gasteiger partial charge in [0.1, 0.15) is 0 Å². The number of benzene rings is 1. The van der Waals surface area contributed by atoms with Gasteiger partial charge in [-0.25, -0.2) is 9.67 Å². The number of hydrogen-bond acceptors (Lipinski definition) is 4. The van der Waals surface area contributed by atoms with Crippen molar-refractivity contribution in [2.24, 2.45) is 5.73 Å². The lowest BCUT2D eigenvalue weighted by Gasteiger charge is -2.09. The van der Waals surface area contributed by atoms with E-state index in [0.717, 1.165) is 16.8 Å². The molecular formula is C18H19N5O2. The molecule has 25 heavy (non-hydrogen) atoms. The van der Waals surface area contributed by atoms with Crippen LogP contribution in [0.1, 0.15) is 24.0 Å². The van der Waals surface area contributed by atoms with Crippen LogP contribution in [-0.2, 0) is 24.2 Å². The van der Waals surface area contributed by atoms with Crippen LogP contribution in [0.3, 0.4) is 0 Å². The molecule has 1 amide bonds. The van der Waals surface area contributed by atoms with Crippen LogP contribution in [0.4, 0.5) is 0 Å². The average Bonchev–Trinajstić information content (AvgIpc) is 2.96. The van der Waals surface area contributed by atoms with Crippen molar-refractivity contribution in [2.45, 2.75) is 26.3 Å². The van der Waals surface area contributed by atoms with E-state index in [4.69, 9.17) is 5.73 Å². The van der Waals surface area contributed by atoms with Gasteiger partial charge in [-0.05, 0) is 18.1 Å². The van der Waals surface area contributed by atoms with Gasteiger partial charge in [0, 0.05) is 17.3 Å². The first-order valence-corrected chi connectivity index (χ1v) is 8.05. The number of carbonyl (C=O) groups excluding carboxylic acids is 1. The Hall–Kier alpha value is -3.22. The van der Waals surface area contributed by atoms with Crippen LogP contribution >= 0.6 is 0 Å². The number of aromatic amines is 1. The third-order valence-electron chi connectivity index (χ3n) is 3.82. The zero-order valence-corrected chi connectivity index (χ0v) is 13.9. The smallest absolute Gasteiger partial charge is 0.248 e. The van der Waals surface area contributed by atoms with Gasteiger partial charge >= 0.3 is 0 Å². The molecule has 0 aliphatic rings. The van der Waals surface area contributed by atoms with E-state index in [2.05, 4.69) is 15.1 Å². The molecule has 2 heterocycles. The second-order valence-corrected chi connectivity index (χ2v) is 5.71. The first-order valence-electron chi connectivity index (χ1n) is 8.05. The molecule has 0 bridgehead atoms. The molecule has 3 N–H and O–H groups in total. The number of nitrogens with zero attached hydrogens (tertiary/aromatic N) is 3. The quantitative estimate of drug-likeness (QED) is 0.706. The van der Waals surface area contributed by atoms with E-state index in [9.17, 15) is 9.59 Å². The highest BCUT2D eigenvalue weighted by molar-refractivity contribution is 5.75. The van der Waals surface area contributed by atoms with Gasteiger partial charge in [0.25, 0.3) is 0 Å². The lowest BCUT2D eigenvalue weighted by atomic mass is 10.1. The Morgan fingerprint density at radius 1 is 1.20 bits per heavy atom. The molecule has 0 unspecified atom stereocenters. The number of nitrogens with one attached hydrogen (secondary N) is 1. The van der Waals surface area contributed by atoms with E-state index in [-0.39, 0.29) is 12.0 Å². The summed E-state index contributed by atoms with van der Waals surface area (Å²) in [5.74, 6) is 0.487. The van der Waals surface area contributed by atoms with Gasteiger partial charge < -0.3 is 10.7 Å². The summed E-state index contributed by atoms with van der Waals surface area (Å²) in [5, 5.41) is 4.43. The summed E-state index contributed by atoms with van der Waals surface area (Å²) in [6.45, 7) is 2.46. The monoisotopic (exact) mass is 337 g/mol. The van der Waals surface area contributed by atoms with Gasteiger partial charge in [0.05, 0.1) is 13.0 Å². The predicted octanol–water partition coefficient (Wildman–Crippen LogP) is 1.27. The molecule has 0 saturated heterocycles. The van der Waals surface area contributed by atoms with Crippen LogP contribution in [0.25, 0.3) is 11.4 Å². The van der Waals surface area contributed by atoms with Gasteiger partial charge in [-0.2, -0.15) is 5.10 Å². The molecule has 0 aliphatic heterocycles. The van der Waals surface area contributed by atoms with E-state index < -0.39 is 5.91 Å². The fraction of sp³-hybridized carbons (Fsp3) is 0.222. The number of rotatable bonds is 6. The van der Waals surface area contributed by atoms with E-state index in [1.54, 1.807) is 10.7 Å². The minimum atomic E-state index is -0.486. The van der Waals surface area contributed by atoms with Crippen molar-refractivity contribution in [3.8, 4) is 11.4 Å².